The number of hydrogen-bond donors (Lipinski definition) is 1. The summed E-state index contributed by atoms with van der Waals surface area (Å²) in [5, 5.41) is 2.78. The zero-order valence-corrected chi connectivity index (χ0v) is 15.1. The number of carbonyl (C=O) groups excluding carboxylic acids is 3. The van der Waals surface area contributed by atoms with Crippen LogP contribution < -0.4 is 10.1 Å². The zero-order chi connectivity index (χ0) is 21.0. The van der Waals surface area contributed by atoms with Crippen LogP contribution in [0.1, 0.15) is 26.5 Å². The Morgan fingerprint density at radius 1 is 1.07 bits per heavy atom. The molecule has 0 fully saturated rings. The Labute approximate surface area is 163 Å². The van der Waals surface area contributed by atoms with Gasteiger partial charge in [0.25, 0.3) is 11.8 Å². The van der Waals surface area contributed by atoms with Crippen LogP contribution in [0, 0.1) is 6.92 Å². The van der Waals surface area contributed by atoms with Crippen LogP contribution in [-0.4, -0.2) is 31.0 Å². The van der Waals surface area contributed by atoms with Crippen molar-refractivity contribution in [1.29, 1.82) is 0 Å². The van der Waals surface area contributed by atoms with E-state index in [1.54, 1.807) is 31.2 Å². The molecule has 2 aromatic carbocycles. The molecule has 0 saturated carbocycles. The SMILES string of the molecule is Cc1c(C(=O)OCC(=O)NC(=O)c2ccc(OC(F)F)cc2)oc2ccccc12. The first-order valence-electron chi connectivity index (χ1n) is 8.39. The van der Waals surface area contributed by atoms with Gasteiger partial charge in [-0.05, 0) is 37.3 Å². The molecule has 0 unspecified atom stereocenters. The largest absolute Gasteiger partial charge is 0.450 e. The monoisotopic (exact) mass is 403 g/mol. The Kier molecular flexibility index (Phi) is 5.87. The van der Waals surface area contributed by atoms with E-state index in [0.29, 0.717) is 11.1 Å². The predicted molar refractivity (Wildman–Crippen MR) is 96.8 cm³/mol. The smallest absolute Gasteiger partial charge is 0.387 e. The van der Waals surface area contributed by atoms with E-state index >= 15 is 0 Å². The van der Waals surface area contributed by atoms with Gasteiger partial charge in [0, 0.05) is 16.5 Å². The maximum atomic E-state index is 12.2. The molecular formula is C20H15F2NO6. The molecule has 1 heterocycles. The van der Waals surface area contributed by atoms with Gasteiger partial charge in [-0.2, -0.15) is 8.78 Å². The predicted octanol–water partition coefficient (Wildman–Crippen LogP) is 3.46. The molecule has 0 aliphatic carbocycles. The number of para-hydroxylation sites is 1. The van der Waals surface area contributed by atoms with E-state index < -0.39 is 31.0 Å². The second kappa shape index (κ2) is 8.51. The van der Waals surface area contributed by atoms with Crippen LogP contribution in [0.5, 0.6) is 5.75 Å². The molecule has 3 rings (SSSR count). The van der Waals surface area contributed by atoms with Gasteiger partial charge in [0.05, 0.1) is 0 Å². The van der Waals surface area contributed by atoms with Crippen molar-refractivity contribution in [2.75, 3.05) is 6.61 Å². The van der Waals surface area contributed by atoms with Crippen molar-refractivity contribution in [2.45, 2.75) is 13.5 Å². The lowest BCUT2D eigenvalue weighted by atomic mass is 10.1. The number of benzene rings is 2. The van der Waals surface area contributed by atoms with Crippen molar-refractivity contribution >= 4 is 28.8 Å². The van der Waals surface area contributed by atoms with E-state index in [9.17, 15) is 23.2 Å². The highest BCUT2D eigenvalue weighted by atomic mass is 19.3. The Balaban J connectivity index is 1.55. The van der Waals surface area contributed by atoms with Gasteiger partial charge in [-0.1, -0.05) is 18.2 Å². The molecule has 1 N–H and O–H groups in total. The molecule has 0 saturated heterocycles. The number of alkyl halides is 2. The number of fused-ring (bicyclic) bond motifs is 1. The number of esters is 1. The summed E-state index contributed by atoms with van der Waals surface area (Å²) in [5.41, 5.74) is 1.13. The Morgan fingerprint density at radius 3 is 2.41 bits per heavy atom. The minimum Gasteiger partial charge on any atom is -0.450 e. The topological polar surface area (TPSA) is 94.8 Å². The summed E-state index contributed by atoms with van der Waals surface area (Å²) in [7, 11) is 0. The van der Waals surface area contributed by atoms with Gasteiger partial charge >= 0.3 is 12.6 Å². The Morgan fingerprint density at radius 2 is 1.76 bits per heavy atom. The number of ether oxygens (including phenoxy) is 2. The minimum absolute atomic E-state index is 0.0278. The first-order valence-corrected chi connectivity index (χ1v) is 8.39. The van der Waals surface area contributed by atoms with Crippen molar-refractivity contribution in [2.24, 2.45) is 0 Å². The van der Waals surface area contributed by atoms with E-state index in [1.807, 2.05) is 5.32 Å². The first-order chi connectivity index (χ1) is 13.8. The van der Waals surface area contributed by atoms with E-state index in [0.717, 1.165) is 17.5 Å². The van der Waals surface area contributed by atoms with E-state index in [2.05, 4.69) is 4.74 Å². The molecule has 0 aliphatic heterocycles. The highest BCUT2D eigenvalue weighted by Crippen LogP contribution is 2.25. The van der Waals surface area contributed by atoms with E-state index in [-0.39, 0.29) is 17.1 Å². The molecule has 29 heavy (non-hydrogen) atoms. The summed E-state index contributed by atoms with van der Waals surface area (Å²) in [5.74, 6) is -2.63. The molecule has 7 nitrogen and oxygen atoms in total. The summed E-state index contributed by atoms with van der Waals surface area (Å²) in [6, 6.07) is 11.8. The van der Waals surface area contributed by atoms with Crippen LogP contribution in [0.2, 0.25) is 0 Å². The molecule has 0 aliphatic rings. The summed E-state index contributed by atoms with van der Waals surface area (Å²) in [6.07, 6.45) is 0. The fraction of sp³-hybridized carbons (Fsp3) is 0.150. The van der Waals surface area contributed by atoms with Gasteiger partial charge in [-0.15, -0.1) is 0 Å². The highest BCUT2D eigenvalue weighted by molar-refractivity contribution is 6.05. The van der Waals surface area contributed by atoms with Crippen LogP contribution in [0.4, 0.5) is 8.78 Å². The summed E-state index contributed by atoms with van der Waals surface area (Å²) < 4.78 is 38.7. The van der Waals surface area contributed by atoms with Gasteiger partial charge in [0.1, 0.15) is 11.3 Å². The molecular weight excluding hydrogens is 388 g/mol. The normalized spacial score (nSPS) is 10.8. The third-order valence-corrected chi connectivity index (χ3v) is 3.96. The van der Waals surface area contributed by atoms with Gasteiger partial charge in [-0.25, -0.2) is 4.79 Å². The van der Waals surface area contributed by atoms with E-state index in [4.69, 9.17) is 9.15 Å². The van der Waals surface area contributed by atoms with Gasteiger partial charge in [0.15, 0.2) is 6.61 Å². The quantitative estimate of drug-likeness (QED) is 0.634. The lowest BCUT2D eigenvalue weighted by Crippen LogP contribution is -2.34. The fourth-order valence-electron chi connectivity index (χ4n) is 2.59. The van der Waals surface area contributed by atoms with Crippen LogP contribution in [-0.2, 0) is 9.53 Å². The number of rotatable bonds is 6. The van der Waals surface area contributed by atoms with Gasteiger partial charge in [0.2, 0.25) is 5.76 Å². The lowest BCUT2D eigenvalue weighted by Gasteiger charge is -2.07. The number of hydrogen-bond acceptors (Lipinski definition) is 6. The standard InChI is InChI=1S/C20H15F2NO6/c1-11-14-4-2-3-5-15(14)29-17(11)19(26)27-10-16(24)23-18(25)12-6-8-13(9-7-12)28-20(21)22/h2-9,20H,10H2,1H3,(H,23,24,25). The average Bonchev–Trinajstić information content (AvgIpc) is 3.03. The van der Waals surface area contributed by atoms with Gasteiger partial charge in [-0.3, -0.25) is 14.9 Å². The number of nitrogens with one attached hydrogen (secondary N) is 1. The first kappa shape index (κ1) is 20.0. The Hall–Kier alpha value is -3.75. The van der Waals surface area contributed by atoms with Crippen molar-refractivity contribution < 1.29 is 37.1 Å². The number of aryl methyl sites for hydroxylation is 1. The molecule has 0 bridgehead atoms. The lowest BCUT2D eigenvalue weighted by molar-refractivity contribution is -0.123. The number of carbonyl (C=O) groups is 3. The summed E-state index contributed by atoms with van der Waals surface area (Å²) in [6.45, 7) is -2.00. The van der Waals surface area contributed by atoms with E-state index in [1.165, 1.54) is 12.1 Å². The minimum atomic E-state index is -2.98. The molecule has 9 heteroatoms. The molecule has 1 aromatic heterocycles. The number of imide groups is 1. The molecule has 2 amide bonds. The number of halogens is 2. The maximum Gasteiger partial charge on any atom is 0.387 e. The Bertz CT molecular complexity index is 1060. The molecule has 3 aromatic rings. The van der Waals surface area contributed by atoms with Crippen LogP contribution in [0.3, 0.4) is 0 Å². The molecule has 150 valence electrons. The second-order valence-corrected chi connectivity index (χ2v) is 5.91. The van der Waals surface area contributed by atoms with Crippen molar-refractivity contribution in [1.82, 2.24) is 5.32 Å². The molecule has 0 spiro atoms. The van der Waals surface area contributed by atoms with Crippen LogP contribution in [0.25, 0.3) is 11.0 Å². The number of amides is 2. The van der Waals surface area contributed by atoms with Crippen molar-refractivity contribution in [3.8, 4) is 5.75 Å². The highest BCUT2D eigenvalue weighted by Gasteiger charge is 2.20. The van der Waals surface area contributed by atoms with Crippen molar-refractivity contribution in [3.05, 3.63) is 65.4 Å². The average molecular weight is 403 g/mol. The fourth-order valence-corrected chi connectivity index (χ4v) is 2.59. The maximum absolute atomic E-state index is 12.2. The molecule has 0 radical (unpaired) electrons. The summed E-state index contributed by atoms with van der Waals surface area (Å²) >= 11 is 0. The third-order valence-electron chi connectivity index (χ3n) is 3.96. The number of furan rings is 1. The zero-order valence-electron chi connectivity index (χ0n) is 15.1. The molecule has 0 atom stereocenters. The summed E-state index contributed by atoms with van der Waals surface area (Å²) in [4.78, 5) is 36.0. The van der Waals surface area contributed by atoms with Crippen LogP contribution >= 0.6 is 0 Å². The van der Waals surface area contributed by atoms with Crippen molar-refractivity contribution in [3.63, 3.8) is 0 Å². The third kappa shape index (κ3) is 4.75. The second-order valence-electron chi connectivity index (χ2n) is 5.91. The van der Waals surface area contributed by atoms with Gasteiger partial charge < -0.3 is 13.9 Å². The van der Waals surface area contributed by atoms with Crippen LogP contribution in [0.15, 0.2) is 52.9 Å².